The third-order valence-electron chi connectivity index (χ3n) is 4.02. The van der Waals surface area contributed by atoms with Gasteiger partial charge in [-0.1, -0.05) is 6.92 Å². The standard InChI is InChI=1S/C15H20N2O5/c1-10-4-6-16(7-5-10)12-9-14(21-2)11(15(18)22-3)8-13(12)17(19)20/h8-10H,4-7H2,1-3H3. The highest BCUT2D eigenvalue weighted by molar-refractivity contribution is 5.95. The number of methoxy groups -OCH3 is 2. The van der Waals surface area contributed by atoms with Crippen LogP contribution >= 0.6 is 0 Å². The highest BCUT2D eigenvalue weighted by atomic mass is 16.6. The van der Waals surface area contributed by atoms with Gasteiger partial charge in [0.15, 0.2) is 0 Å². The predicted octanol–water partition coefficient (Wildman–Crippen LogP) is 2.63. The molecule has 0 aromatic heterocycles. The highest BCUT2D eigenvalue weighted by Gasteiger charge is 2.28. The molecule has 0 N–H and O–H groups in total. The van der Waals surface area contributed by atoms with E-state index in [1.54, 1.807) is 6.07 Å². The van der Waals surface area contributed by atoms with Gasteiger partial charge < -0.3 is 14.4 Å². The number of rotatable bonds is 4. The van der Waals surface area contributed by atoms with Crippen molar-refractivity contribution in [2.75, 3.05) is 32.2 Å². The van der Waals surface area contributed by atoms with E-state index in [-0.39, 0.29) is 17.0 Å². The van der Waals surface area contributed by atoms with Crippen LogP contribution < -0.4 is 9.64 Å². The maximum atomic E-state index is 11.8. The monoisotopic (exact) mass is 308 g/mol. The first kappa shape index (κ1) is 16.1. The van der Waals surface area contributed by atoms with Crippen molar-refractivity contribution in [1.29, 1.82) is 0 Å². The van der Waals surface area contributed by atoms with Gasteiger partial charge in [-0.25, -0.2) is 4.79 Å². The van der Waals surface area contributed by atoms with Crippen LogP contribution in [0.3, 0.4) is 0 Å². The van der Waals surface area contributed by atoms with Gasteiger partial charge in [-0.2, -0.15) is 0 Å². The number of nitro benzene ring substituents is 1. The molecule has 0 unspecified atom stereocenters. The molecule has 0 saturated carbocycles. The molecule has 0 amide bonds. The minimum absolute atomic E-state index is 0.0610. The summed E-state index contributed by atoms with van der Waals surface area (Å²) in [5, 5.41) is 11.4. The first-order chi connectivity index (χ1) is 10.5. The van der Waals surface area contributed by atoms with Crippen LogP contribution in [0.25, 0.3) is 0 Å². The molecule has 7 nitrogen and oxygen atoms in total. The summed E-state index contributed by atoms with van der Waals surface area (Å²) in [6.45, 7) is 3.68. The number of nitro groups is 1. The Bertz CT molecular complexity index is 580. The van der Waals surface area contributed by atoms with Crippen molar-refractivity contribution in [3.8, 4) is 5.75 Å². The highest BCUT2D eigenvalue weighted by Crippen LogP contribution is 2.37. The lowest BCUT2D eigenvalue weighted by Crippen LogP contribution is -2.33. The van der Waals surface area contributed by atoms with Gasteiger partial charge in [-0.15, -0.1) is 0 Å². The van der Waals surface area contributed by atoms with Gasteiger partial charge in [-0.3, -0.25) is 10.1 Å². The molecule has 0 aliphatic carbocycles. The van der Waals surface area contributed by atoms with Crippen LogP contribution in [0, 0.1) is 16.0 Å². The summed E-state index contributed by atoms with van der Waals surface area (Å²) >= 11 is 0. The molecule has 7 heteroatoms. The van der Waals surface area contributed by atoms with Gasteiger partial charge in [0.25, 0.3) is 5.69 Å². The average Bonchev–Trinajstić information content (AvgIpc) is 2.53. The van der Waals surface area contributed by atoms with Crippen molar-refractivity contribution in [3.05, 3.63) is 27.8 Å². The molecule has 0 radical (unpaired) electrons. The number of esters is 1. The van der Waals surface area contributed by atoms with Gasteiger partial charge in [0.1, 0.15) is 17.0 Å². The van der Waals surface area contributed by atoms with E-state index >= 15 is 0 Å². The van der Waals surface area contributed by atoms with Crippen LogP contribution in [0.4, 0.5) is 11.4 Å². The largest absolute Gasteiger partial charge is 0.496 e. The van der Waals surface area contributed by atoms with E-state index in [0.717, 1.165) is 25.9 Å². The zero-order valence-electron chi connectivity index (χ0n) is 13.0. The Kier molecular flexibility index (Phi) is 4.85. The number of hydrogen-bond acceptors (Lipinski definition) is 6. The molecule has 0 bridgehead atoms. The molecular weight excluding hydrogens is 288 g/mol. The second kappa shape index (κ2) is 6.64. The van der Waals surface area contributed by atoms with Gasteiger partial charge in [-0.05, 0) is 18.8 Å². The molecule has 0 atom stereocenters. The lowest BCUT2D eigenvalue weighted by molar-refractivity contribution is -0.384. The Balaban J connectivity index is 2.48. The summed E-state index contributed by atoms with van der Waals surface area (Å²) in [4.78, 5) is 24.6. The molecule has 22 heavy (non-hydrogen) atoms. The maximum Gasteiger partial charge on any atom is 0.341 e. The molecule has 1 fully saturated rings. The van der Waals surface area contributed by atoms with E-state index in [9.17, 15) is 14.9 Å². The fourth-order valence-electron chi connectivity index (χ4n) is 2.65. The number of anilines is 1. The van der Waals surface area contributed by atoms with Crippen LogP contribution in [-0.4, -0.2) is 38.2 Å². The Morgan fingerprint density at radius 3 is 2.45 bits per heavy atom. The molecule has 1 aliphatic rings. The zero-order valence-corrected chi connectivity index (χ0v) is 13.0. The van der Waals surface area contributed by atoms with E-state index < -0.39 is 10.9 Å². The maximum absolute atomic E-state index is 11.8. The molecule has 1 aromatic rings. The molecule has 1 aromatic carbocycles. The molecule has 1 aliphatic heterocycles. The topological polar surface area (TPSA) is 81.9 Å². The quantitative estimate of drug-likeness (QED) is 0.483. The normalized spacial score (nSPS) is 15.5. The van der Waals surface area contributed by atoms with Crippen LogP contribution in [0.1, 0.15) is 30.1 Å². The summed E-state index contributed by atoms with van der Waals surface area (Å²) in [5.74, 6) is 0.247. The zero-order chi connectivity index (χ0) is 16.3. The number of hydrogen-bond donors (Lipinski definition) is 0. The molecule has 1 heterocycles. The predicted molar refractivity (Wildman–Crippen MR) is 81.6 cm³/mol. The smallest absolute Gasteiger partial charge is 0.341 e. The van der Waals surface area contributed by atoms with Gasteiger partial charge in [0.2, 0.25) is 0 Å². The number of nitrogens with zero attached hydrogens (tertiary/aromatic N) is 2. The van der Waals surface area contributed by atoms with E-state index in [0.29, 0.717) is 11.6 Å². The first-order valence-electron chi connectivity index (χ1n) is 7.17. The van der Waals surface area contributed by atoms with Crippen molar-refractivity contribution in [2.24, 2.45) is 5.92 Å². The Labute approximate surface area is 129 Å². The lowest BCUT2D eigenvalue weighted by Gasteiger charge is -2.32. The summed E-state index contributed by atoms with van der Waals surface area (Å²) in [6.07, 6.45) is 1.97. The second-order valence-corrected chi connectivity index (χ2v) is 5.46. The summed E-state index contributed by atoms with van der Waals surface area (Å²) < 4.78 is 9.86. The van der Waals surface area contributed by atoms with Crippen molar-refractivity contribution < 1.29 is 19.2 Å². The molecule has 120 valence electrons. The molecule has 0 spiro atoms. The van der Waals surface area contributed by atoms with Crippen LogP contribution in [0.2, 0.25) is 0 Å². The average molecular weight is 308 g/mol. The molecule has 1 saturated heterocycles. The van der Waals surface area contributed by atoms with Crippen LogP contribution in [-0.2, 0) is 4.74 Å². The third-order valence-corrected chi connectivity index (χ3v) is 4.02. The van der Waals surface area contributed by atoms with Crippen LogP contribution in [0.15, 0.2) is 12.1 Å². The third kappa shape index (κ3) is 3.13. The minimum Gasteiger partial charge on any atom is -0.496 e. The Hall–Kier alpha value is -2.31. The molecular formula is C15H20N2O5. The molecule has 2 rings (SSSR count). The Morgan fingerprint density at radius 2 is 1.95 bits per heavy atom. The number of carbonyl (C=O) groups excluding carboxylic acids is 1. The fourth-order valence-corrected chi connectivity index (χ4v) is 2.65. The lowest BCUT2D eigenvalue weighted by atomic mass is 9.98. The number of piperidine rings is 1. The van der Waals surface area contributed by atoms with E-state index in [1.807, 2.05) is 4.90 Å². The fraction of sp³-hybridized carbons (Fsp3) is 0.533. The first-order valence-corrected chi connectivity index (χ1v) is 7.17. The second-order valence-electron chi connectivity index (χ2n) is 5.46. The minimum atomic E-state index is -0.654. The van der Waals surface area contributed by atoms with Gasteiger partial charge in [0, 0.05) is 25.2 Å². The Morgan fingerprint density at radius 1 is 1.32 bits per heavy atom. The van der Waals surface area contributed by atoms with Crippen LogP contribution in [0.5, 0.6) is 5.75 Å². The van der Waals surface area contributed by atoms with E-state index in [2.05, 4.69) is 11.7 Å². The van der Waals surface area contributed by atoms with Gasteiger partial charge in [0.05, 0.1) is 19.1 Å². The summed E-state index contributed by atoms with van der Waals surface area (Å²) in [7, 11) is 2.66. The van der Waals surface area contributed by atoms with Gasteiger partial charge >= 0.3 is 5.97 Å². The van der Waals surface area contributed by atoms with Crippen molar-refractivity contribution in [1.82, 2.24) is 0 Å². The number of carbonyl (C=O) groups is 1. The van der Waals surface area contributed by atoms with Crippen molar-refractivity contribution in [3.63, 3.8) is 0 Å². The summed E-state index contributed by atoms with van der Waals surface area (Å²) in [6, 6.07) is 2.79. The summed E-state index contributed by atoms with van der Waals surface area (Å²) in [5.41, 5.74) is 0.447. The SMILES string of the molecule is COC(=O)c1cc([N+](=O)[O-])c(N2CCC(C)CC2)cc1OC. The number of benzene rings is 1. The van der Waals surface area contributed by atoms with Crippen molar-refractivity contribution in [2.45, 2.75) is 19.8 Å². The van der Waals surface area contributed by atoms with E-state index in [4.69, 9.17) is 4.74 Å². The number of ether oxygens (including phenoxy) is 2. The van der Waals surface area contributed by atoms with E-state index in [1.165, 1.54) is 20.3 Å². The van der Waals surface area contributed by atoms with Crippen molar-refractivity contribution >= 4 is 17.3 Å².